The number of nitrogens with zero attached hydrogens (tertiary/aromatic N) is 3. The highest BCUT2D eigenvalue weighted by atomic mass is 15.2. The molecule has 3 heterocycles. The van der Waals surface area contributed by atoms with Crippen LogP contribution in [0, 0.1) is 13.8 Å². The van der Waals surface area contributed by atoms with Crippen molar-refractivity contribution in [1.82, 2.24) is 20.2 Å². The van der Waals surface area contributed by atoms with Gasteiger partial charge in [0.2, 0.25) is 0 Å². The second-order valence-electron chi connectivity index (χ2n) is 7.54. The summed E-state index contributed by atoms with van der Waals surface area (Å²) in [5.74, 6) is 2.58. The molecular weight excluding hydrogens is 322 g/mol. The van der Waals surface area contributed by atoms with E-state index in [0.29, 0.717) is 5.92 Å². The summed E-state index contributed by atoms with van der Waals surface area (Å²) in [6.07, 6.45) is 2.27. The second kappa shape index (κ2) is 7.72. The minimum Gasteiger partial charge on any atom is -0.368 e. The third kappa shape index (κ3) is 3.74. The number of aryl methyl sites for hydroxylation is 2. The summed E-state index contributed by atoms with van der Waals surface area (Å²) in [4.78, 5) is 11.8. The molecule has 1 saturated heterocycles. The molecule has 1 aromatic carbocycles. The minimum absolute atomic E-state index is 0.677. The van der Waals surface area contributed by atoms with Gasteiger partial charge in [-0.1, -0.05) is 24.3 Å². The van der Waals surface area contributed by atoms with Crippen LogP contribution in [0.4, 0.5) is 5.82 Å². The quantitative estimate of drug-likeness (QED) is 0.867. The Morgan fingerprint density at radius 2 is 2.12 bits per heavy atom. The predicted octanol–water partition coefficient (Wildman–Crippen LogP) is 2.64. The second-order valence-corrected chi connectivity index (χ2v) is 7.54. The van der Waals surface area contributed by atoms with Crippen LogP contribution in [0.1, 0.15) is 40.5 Å². The van der Waals surface area contributed by atoms with Gasteiger partial charge in [-0.15, -0.1) is 0 Å². The van der Waals surface area contributed by atoms with Gasteiger partial charge in [0.15, 0.2) is 0 Å². The standard InChI is InChI=1S/C21H29N5/c1-15-5-3-4-6-18(15)17-8-11-26(14-17)12-10-23-21-19-7-9-22-13-20(19)24-16(2)25-21/h3-6,17,22H,7-14H2,1-2H3,(H,23,24,25). The van der Waals surface area contributed by atoms with Crippen molar-refractivity contribution in [2.75, 3.05) is 38.0 Å². The number of rotatable bonds is 5. The third-order valence-corrected chi connectivity index (χ3v) is 5.67. The molecule has 4 rings (SSSR count). The molecule has 0 bridgehead atoms. The van der Waals surface area contributed by atoms with Gasteiger partial charge >= 0.3 is 0 Å². The number of benzene rings is 1. The first-order valence-electron chi connectivity index (χ1n) is 9.79. The van der Waals surface area contributed by atoms with Crippen LogP contribution in [0.2, 0.25) is 0 Å². The molecule has 0 aliphatic carbocycles. The number of anilines is 1. The van der Waals surface area contributed by atoms with E-state index in [1.165, 1.54) is 29.7 Å². The lowest BCUT2D eigenvalue weighted by Gasteiger charge is -2.21. The molecule has 138 valence electrons. The molecule has 2 N–H and O–H groups in total. The molecule has 0 spiro atoms. The Hall–Kier alpha value is -1.98. The van der Waals surface area contributed by atoms with Crippen molar-refractivity contribution in [3.63, 3.8) is 0 Å². The Morgan fingerprint density at radius 3 is 3.00 bits per heavy atom. The van der Waals surface area contributed by atoms with Crippen molar-refractivity contribution in [3.05, 3.63) is 52.5 Å². The third-order valence-electron chi connectivity index (χ3n) is 5.67. The SMILES string of the molecule is Cc1nc2c(c(NCCN3CCC(c4ccccc4C)C3)n1)CCNC2. The highest BCUT2D eigenvalue weighted by Gasteiger charge is 2.24. The lowest BCUT2D eigenvalue weighted by molar-refractivity contribution is 0.347. The van der Waals surface area contributed by atoms with Gasteiger partial charge in [-0.3, -0.25) is 0 Å². The van der Waals surface area contributed by atoms with E-state index in [1.807, 2.05) is 6.92 Å². The summed E-state index contributed by atoms with van der Waals surface area (Å²) in [5, 5.41) is 6.98. The van der Waals surface area contributed by atoms with Gasteiger partial charge in [0.1, 0.15) is 11.6 Å². The van der Waals surface area contributed by atoms with Crippen LogP contribution in [0.25, 0.3) is 0 Å². The molecule has 2 aliphatic heterocycles. The zero-order valence-corrected chi connectivity index (χ0v) is 15.9. The van der Waals surface area contributed by atoms with Crippen LogP contribution in [-0.4, -0.2) is 47.6 Å². The maximum absolute atomic E-state index is 4.66. The van der Waals surface area contributed by atoms with Crippen LogP contribution in [0.5, 0.6) is 0 Å². The van der Waals surface area contributed by atoms with Crippen molar-refractivity contribution in [2.24, 2.45) is 0 Å². The number of hydrogen-bond donors (Lipinski definition) is 2. The van der Waals surface area contributed by atoms with E-state index in [-0.39, 0.29) is 0 Å². The number of nitrogens with one attached hydrogen (secondary N) is 2. The molecule has 0 radical (unpaired) electrons. The lowest BCUT2D eigenvalue weighted by Crippen LogP contribution is -2.29. The van der Waals surface area contributed by atoms with Crippen molar-refractivity contribution in [1.29, 1.82) is 0 Å². The molecule has 0 saturated carbocycles. The summed E-state index contributed by atoms with van der Waals surface area (Å²) in [7, 11) is 0. The summed E-state index contributed by atoms with van der Waals surface area (Å²) in [6, 6.07) is 8.83. The predicted molar refractivity (Wildman–Crippen MR) is 106 cm³/mol. The molecule has 1 fully saturated rings. The van der Waals surface area contributed by atoms with Gasteiger partial charge in [0, 0.05) is 31.7 Å². The van der Waals surface area contributed by atoms with E-state index in [2.05, 4.69) is 56.7 Å². The van der Waals surface area contributed by atoms with Crippen molar-refractivity contribution < 1.29 is 0 Å². The molecule has 2 aliphatic rings. The van der Waals surface area contributed by atoms with Crippen LogP contribution < -0.4 is 10.6 Å². The average Bonchev–Trinajstić information content (AvgIpc) is 3.10. The van der Waals surface area contributed by atoms with E-state index >= 15 is 0 Å². The maximum Gasteiger partial charge on any atom is 0.133 e. The fourth-order valence-corrected chi connectivity index (χ4v) is 4.30. The minimum atomic E-state index is 0.677. The molecule has 26 heavy (non-hydrogen) atoms. The monoisotopic (exact) mass is 351 g/mol. The highest BCUT2D eigenvalue weighted by molar-refractivity contribution is 5.47. The molecule has 1 unspecified atom stereocenters. The molecule has 1 aromatic heterocycles. The molecule has 0 amide bonds. The van der Waals surface area contributed by atoms with E-state index in [0.717, 1.165) is 56.5 Å². The molecule has 5 nitrogen and oxygen atoms in total. The molecule has 1 atom stereocenters. The Labute approximate surface area is 156 Å². The van der Waals surface area contributed by atoms with Crippen molar-refractivity contribution in [3.8, 4) is 0 Å². The summed E-state index contributed by atoms with van der Waals surface area (Å²) in [5.41, 5.74) is 5.41. The average molecular weight is 351 g/mol. The Kier molecular flexibility index (Phi) is 5.18. The number of hydrogen-bond acceptors (Lipinski definition) is 5. The number of likely N-dealkylation sites (tertiary alicyclic amines) is 1. The van der Waals surface area contributed by atoms with E-state index < -0.39 is 0 Å². The Bertz CT molecular complexity index is 773. The zero-order chi connectivity index (χ0) is 17.9. The van der Waals surface area contributed by atoms with E-state index in [9.17, 15) is 0 Å². The van der Waals surface area contributed by atoms with Crippen LogP contribution in [0.3, 0.4) is 0 Å². The van der Waals surface area contributed by atoms with Gasteiger partial charge < -0.3 is 15.5 Å². The fourth-order valence-electron chi connectivity index (χ4n) is 4.30. The first kappa shape index (κ1) is 17.4. The molecular formula is C21H29N5. The topological polar surface area (TPSA) is 53.1 Å². The van der Waals surface area contributed by atoms with Crippen molar-refractivity contribution in [2.45, 2.75) is 39.2 Å². The molecule has 2 aromatic rings. The molecule has 5 heteroatoms. The zero-order valence-electron chi connectivity index (χ0n) is 15.9. The summed E-state index contributed by atoms with van der Waals surface area (Å²) in [6.45, 7) is 10.4. The summed E-state index contributed by atoms with van der Waals surface area (Å²) >= 11 is 0. The lowest BCUT2D eigenvalue weighted by atomic mass is 9.94. The number of aromatic nitrogens is 2. The Balaban J connectivity index is 1.33. The van der Waals surface area contributed by atoms with Gasteiger partial charge in [-0.2, -0.15) is 0 Å². The van der Waals surface area contributed by atoms with E-state index in [1.54, 1.807) is 0 Å². The Morgan fingerprint density at radius 1 is 1.23 bits per heavy atom. The van der Waals surface area contributed by atoms with Crippen LogP contribution >= 0.6 is 0 Å². The number of fused-ring (bicyclic) bond motifs is 1. The largest absolute Gasteiger partial charge is 0.368 e. The first-order valence-corrected chi connectivity index (χ1v) is 9.79. The van der Waals surface area contributed by atoms with Gasteiger partial charge in [0.25, 0.3) is 0 Å². The summed E-state index contributed by atoms with van der Waals surface area (Å²) < 4.78 is 0. The van der Waals surface area contributed by atoms with Crippen LogP contribution in [-0.2, 0) is 13.0 Å². The highest BCUT2D eigenvalue weighted by Crippen LogP contribution is 2.29. The van der Waals surface area contributed by atoms with Gasteiger partial charge in [-0.25, -0.2) is 9.97 Å². The smallest absolute Gasteiger partial charge is 0.133 e. The maximum atomic E-state index is 4.66. The van der Waals surface area contributed by atoms with Gasteiger partial charge in [0.05, 0.1) is 5.69 Å². The van der Waals surface area contributed by atoms with Crippen molar-refractivity contribution >= 4 is 5.82 Å². The fraction of sp³-hybridized carbons (Fsp3) is 0.524. The van der Waals surface area contributed by atoms with Gasteiger partial charge in [-0.05, 0) is 56.8 Å². The first-order chi connectivity index (χ1) is 12.7. The van der Waals surface area contributed by atoms with Crippen LogP contribution in [0.15, 0.2) is 24.3 Å². The van der Waals surface area contributed by atoms with E-state index in [4.69, 9.17) is 0 Å². The normalized spacial score (nSPS) is 20.2.